The van der Waals surface area contributed by atoms with Gasteiger partial charge in [-0.15, -0.1) is 0 Å². The lowest BCUT2D eigenvalue weighted by Gasteiger charge is -2.31. The number of amides is 1. The van der Waals surface area contributed by atoms with Crippen LogP contribution in [0.3, 0.4) is 0 Å². The van der Waals surface area contributed by atoms with Crippen molar-refractivity contribution in [3.8, 4) is 0 Å². The highest BCUT2D eigenvalue weighted by Crippen LogP contribution is 2.20. The van der Waals surface area contributed by atoms with Crippen molar-refractivity contribution in [1.29, 1.82) is 0 Å². The number of ether oxygens (including phenoxy) is 1. The van der Waals surface area contributed by atoms with Crippen molar-refractivity contribution in [2.75, 3.05) is 32.8 Å². The van der Waals surface area contributed by atoms with Gasteiger partial charge >= 0.3 is 6.09 Å². The van der Waals surface area contributed by atoms with Crippen LogP contribution in [0.1, 0.15) is 19.3 Å². The largest absolute Gasteiger partial charge is 0.448 e. The smallest absolute Gasteiger partial charge is 0.409 e. The molecule has 0 unspecified atom stereocenters. The van der Waals surface area contributed by atoms with E-state index < -0.39 is 0 Å². The average molecular weight is 240 g/mol. The summed E-state index contributed by atoms with van der Waals surface area (Å²) < 4.78 is 4.91. The fraction of sp³-hybridized carbons (Fsp3) is 0.818. The molecule has 2 aliphatic heterocycles. The van der Waals surface area contributed by atoms with Gasteiger partial charge in [-0.25, -0.2) is 4.79 Å². The first-order chi connectivity index (χ1) is 7.79. The summed E-state index contributed by atoms with van der Waals surface area (Å²) in [5, 5.41) is 0. The number of likely N-dealkylation sites (tertiary alicyclic amines) is 1. The second-order valence-corrected chi connectivity index (χ2v) is 4.92. The van der Waals surface area contributed by atoms with Crippen LogP contribution in [0.25, 0.3) is 0 Å². The molecule has 5 heteroatoms. The van der Waals surface area contributed by atoms with Gasteiger partial charge in [0.2, 0.25) is 0 Å². The molecule has 0 aromatic heterocycles. The summed E-state index contributed by atoms with van der Waals surface area (Å²) in [4.78, 5) is 15.5. The Labute approximate surface area is 99.6 Å². The van der Waals surface area contributed by atoms with Crippen molar-refractivity contribution in [3.05, 3.63) is 0 Å². The molecule has 0 bridgehead atoms. The van der Waals surface area contributed by atoms with Gasteiger partial charge in [-0.1, -0.05) is 0 Å². The maximum atomic E-state index is 11.2. The third kappa shape index (κ3) is 2.84. The number of nitrogens with zero attached hydrogens (tertiary/aromatic N) is 2. The molecule has 0 atom stereocenters. The highest BCUT2D eigenvalue weighted by Gasteiger charge is 2.23. The van der Waals surface area contributed by atoms with Crippen molar-refractivity contribution in [3.63, 3.8) is 0 Å². The molecule has 2 rings (SSSR count). The molecule has 2 heterocycles. The first-order valence-electron chi connectivity index (χ1n) is 6.08. The quantitative estimate of drug-likeness (QED) is 0.645. The van der Waals surface area contributed by atoms with E-state index >= 15 is 0 Å². The minimum atomic E-state index is -0.125. The standard InChI is InChI=1S/C11H20N2O2Si/c14-11-13(7-8-15-11)6-3-10-1-4-12(9-16)5-2-10/h9-10H,1-8,16H2. The summed E-state index contributed by atoms with van der Waals surface area (Å²) >= 11 is 0. The summed E-state index contributed by atoms with van der Waals surface area (Å²) in [6.45, 7) is 4.59. The number of piperidine rings is 1. The Morgan fingerprint density at radius 1 is 1.38 bits per heavy atom. The van der Waals surface area contributed by atoms with Gasteiger partial charge in [0.25, 0.3) is 0 Å². The average Bonchev–Trinajstić information content (AvgIpc) is 2.73. The molecule has 2 saturated heterocycles. The van der Waals surface area contributed by atoms with Crippen molar-refractivity contribution in [2.24, 2.45) is 5.92 Å². The van der Waals surface area contributed by atoms with Gasteiger partial charge in [-0.2, -0.15) is 0 Å². The van der Waals surface area contributed by atoms with Crippen LogP contribution in [0.4, 0.5) is 4.79 Å². The molecule has 0 aromatic rings. The number of cyclic esters (lactones) is 1. The fourth-order valence-electron chi connectivity index (χ4n) is 2.39. The molecule has 0 spiro atoms. The zero-order valence-electron chi connectivity index (χ0n) is 9.73. The molecule has 1 amide bonds. The Morgan fingerprint density at radius 3 is 2.69 bits per heavy atom. The Morgan fingerprint density at radius 2 is 2.12 bits per heavy atom. The van der Waals surface area contributed by atoms with Crippen LogP contribution in [0, 0.1) is 5.92 Å². The number of carbonyl (C=O) groups excluding carboxylic acids is 1. The fourth-order valence-corrected chi connectivity index (χ4v) is 2.76. The predicted molar refractivity (Wildman–Crippen MR) is 66.4 cm³/mol. The lowest BCUT2D eigenvalue weighted by atomic mass is 9.94. The van der Waals surface area contributed by atoms with E-state index in [1.807, 2.05) is 14.8 Å². The van der Waals surface area contributed by atoms with Crippen molar-refractivity contribution >= 4 is 21.7 Å². The van der Waals surface area contributed by atoms with Crippen LogP contribution >= 0.6 is 0 Å². The summed E-state index contributed by atoms with van der Waals surface area (Å²) in [5.41, 5.74) is 0. The molecule has 90 valence electrons. The maximum absolute atomic E-state index is 11.2. The molecule has 0 N–H and O–H groups in total. The molecular weight excluding hydrogens is 220 g/mol. The Hall–Kier alpha value is -0.843. The summed E-state index contributed by atoms with van der Waals surface area (Å²) in [7, 11) is 1.91. The van der Waals surface area contributed by atoms with E-state index in [-0.39, 0.29) is 6.09 Å². The van der Waals surface area contributed by atoms with Gasteiger partial charge in [0.1, 0.15) is 6.61 Å². The van der Waals surface area contributed by atoms with E-state index in [0.717, 1.165) is 25.4 Å². The molecule has 16 heavy (non-hydrogen) atoms. The normalized spacial score (nSPS) is 22.4. The van der Waals surface area contributed by atoms with Gasteiger partial charge in [-0.3, -0.25) is 0 Å². The van der Waals surface area contributed by atoms with Crippen molar-refractivity contribution in [2.45, 2.75) is 19.3 Å². The van der Waals surface area contributed by atoms with E-state index in [1.54, 1.807) is 0 Å². The lowest BCUT2D eigenvalue weighted by Crippen LogP contribution is -2.34. The lowest BCUT2D eigenvalue weighted by molar-refractivity contribution is 0.155. The summed E-state index contributed by atoms with van der Waals surface area (Å²) in [6, 6.07) is 0. The first-order valence-corrected chi connectivity index (χ1v) is 6.89. The summed E-state index contributed by atoms with van der Waals surface area (Å²) in [6.07, 6.45) is 3.53. The Balaban J connectivity index is 1.67. The van der Waals surface area contributed by atoms with Gasteiger partial charge in [0.15, 0.2) is 0 Å². The van der Waals surface area contributed by atoms with Gasteiger partial charge < -0.3 is 14.5 Å². The van der Waals surface area contributed by atoms with E-state index in [1.165, 1.54) is 25.9 Å². The Bertz CT molecular complexity index is 265. The zero-order valence-corrected chi connectivity index (χ0v) is 11.1. The van der Waals surface area contributed by atoms with Gasteiger partial charge in [0, 0.05) is 19.6 Å². The number of rotatable bonds is 4. The van der Waals surface area contributed by atoms with E-state index in [9.17, 15) is 4.79 Å². The molecule has 0 radical (unpaired) electrons. The van der Waals surface area contributed by atoms with Crippen molar-refractivity contribution in [1.82, 2.24) is 9.80 Å². The van der Waals surface area contributed by atoms with Crippen LogP contribution in [0.15, 0.2) is 0 Å². The Kier molecular flexibility index (Phi) is 3.98. The van der Waals surface area contributed by atoms with Crippen LogP contribution < -0.4 is 0 Å². The topological polar surface area (TPSA) is 32.8 Å². The second-order valence-electron chi connectivity index (χ2n) is 4.55. The van der Waals surface area contributed by atoms with Crippen LogP contribution in [-0.4, -0.2) is 64.3 Å². The first kappa shape index (κ1) is 11.6. The highest BCUT2D eigenvalue weighted by atomic mass is 28.1. The van der Waals surface area contributed by atoms with Gasteiger partial charge in [-0.05, 0) is 40.8 Å². The summed E-state index contributed by atoms with van der Waals surface area (Å²) in [5.74, 6) is 2.99. The molecule has 2 aliphatic rings. The number of hydrogen-bond donors (Lipinski definition) is 0. The molecular formula is C11H20N2O2Si. The number of carbonyl (C=O) groups is 1. The van der Waals surface area contributed by atoms with E-state index in [2.05, 4.69) is 10.7 Å². The third-order valence-electron chi connectivity index (χ3n) is 3.56. The van der Waals surface area contributed by atoms with Gasteiger partial charge in [0.05, 0.1) is 6.54 Å². The maximum Gasteiger partial charge on any atom is 0.409 e. The number of hydrogen-bond acceptors (Lipinski definition) is 3. The SMILES string of the molecule is O=C1OCCN1CCC1CCN(C=[SiH2])CC1. The van der Waals surface area contributed by atoms with Crippen LogP contribution in [0.2, 0.25) is 0 Å². The third-order valence-corrected chi connectivity index (χ3v) is 4.08. The molecule has 0 aromatic carbocycles. The monoisotopic (exact) mass is 240 g/mol. The zero-order chi connectivity index (χ0) is 11.4. The van der Waals surface area contributed by atoms with Crippen molar-refractivity contribution < 1.29 is 9.53 Å². The predicted octanol–water partition coefficient (Wildman–Crippen LogP) is -0.0665. The van der Waals surface area contributed by atoms with E-state index in [4.69, 9.17) is 4.74 Å². The molecule has 4 nitrogen and oxygen atoms in total. The minimum absolute atomic E-state index is 0.125. The molecule has 0 saturated carbocycles. The second kappa shape index (κ2) is 5.47. The molecule has 0 aliphatic carbocycles. The van der Waals surface area contributed by atoms with Crippen LogP contribution in [-0.2, 0) is 4.74 Å². The highest BCUT2D eigenvalue weighted by molar-refractivity contribution is 6.26. The van der Waals surface area contributed by atoms with Crippen LogP contribution in [0.5, 0.6) is 0 Å². The minimum Gasteiger partial charge on any atom is -0.448 e. The molecule has 2 fully saturated rings. The van der Waals surface area contributed by atoms with E-state index in [0.29, 0.717) is 6.61 Å².